The number of carbonyl (C=O) groups is 2. The van der Waals surface area contributed by atoms with Crippen LogP contribution in [0.5, 0.6) is 0 Å². The van der Waals surface area contributed by atoms with E-state index in [4.69, 9.17) is 23.8 Å². The fourth-order valence-corrected chi connectivity index (χ4v) is 8.10. The van der Waals surface area contributed by atoms with Crippen molar-refractivity contribution in [3.8, 4) is 0 Å². The van der Waals surface area contributed by atoms with Crippen molar-refractivity contribution in [1.29, 1.82) is 0 Å². The van der Waals surface area contributed by atoms with E-state index in [9.17, 15) is 28.3 Å². The number of hydrogen-bond donors (Lipinski definition) is 0. The number of halogens is 3. The van der Waals surface area contributed by atoms with Crippen LogP contribution in [0.15, 0.2) is 35.4 Å². The Morgan fingerprint density at radius 3 is 2.40 bits per heavy atom. The van der Waals surface area contributed by atoms with Crippen LogP contribution in [0.3, 0.4) is 0 Å². The van der Waals surface area contributed by atoms with Crippen molar-refractivity contribution in [3.05, 3.63) is 46.3 Å². The number of alkyl halides is 3. The minimum absolute atomic E-state index is 0.212. The quantitative estimate of drug-likeness (QED) is 0.157. The van der Waals surface area contributed by atoms with Crippen molar-refractivity contribution in [3.63, 3.8) is 0 Å². The number of fused-ring (bicyclic) bond motifs is 1. The molecule has 278 valence electrons. The highest BCUT2D eigenvalue weighted by atomic mass is 19.4. The average Bonchev–Trinajstić information content (AvgIpc) is 3.36. The molecule has 1 aromatic rings. The molecule has 4 aliphatic rings. The van der Waals surface area contributed by atoms with E-state index in [0.29, 0.717) is 12.0 Å². The minimum atomic E-state index is -5.11. The fourth-order valence-electron chi connectivity index (χ4n) is 8.10. The molecule has 0 unspecified atom stereocenters. The number of azide groups is 1. The van der Waals surface area contributed by atoms with Crippen molar-refractivity contribution in [1.82, 2.24) is 14.9 Å². The number of nitrogens with zero attached hydrogens (tertiary/aromatic N) is 6. The van der Waals surface area contributed by atoms with Crippen molar-refractivity contribution in [2.24, 2.45) is 5.11 Å². The summed E-state index contributed by atoms with van der Waals surface area (Å²) in [6, 6.07) is 6.18. The van der Waals surface area contributed by atoms with Gasteiger partial charge in [-0.25, -0.2) is 4.79 Å². The van der Waals surface area contributed by atoms with E-state index < -0.39 is 73.1 Å². The first-order chi connectivity index (χ1) is 23.5. The lowest BCUT2D eigenvalue weighted by Crippen LogP contribution is -2.63. The van der Waals surface area contributed by atoms with Crippen LogP contribution in [0.1, 0.15) is 84.7 Å². The predicted octanol–water partition coefficient (Wildman–Crippen LogP) is 6.29. The number of benzene rings is 1. The second-order valence-corrected chi connectivity index (χ2v) is 15.0. The maximum absolute atomic E-state index is 14.0. The molecule has 1 aromatic carbocycles. The first kappa shape index (κ1) is 38.1. The molecular weight excluding hydrogens is 661 g/mol. The molecule has 0 aromatic heterocycles. The maximum Gasteiger partial charge on any atom is 0.471 e. The van der Waals surface area contributed by atoms with Gasteiger partial charge in [0.05, 0.1) is 24.3 Å². The van der Waals surface area contributed by atoms with Gasteiger partial charge in [0.25, 0.3) is 0 Å². The smallest absolute Gasteiger partial charge is 0.441 e. The number of ether oxygens (including phenoxy) is 4. The molecule has 1 saturated carbocycles. The summed E-state index contributed by atoms with van der Waals surface area (Å²) in [5.41, 5.74) is 9.31. The molecule has 9 atom stereocenters. The lowest BCUT2D eigenvalue weighted by atomic mass is 9.82. The topological polar surface area (TPSA) is 139 Å². The summed E-state index contributed by atoms with van der Waals surface area (Å²) in [5.74, 6) is -1.98. The average molecular weight is 711 g/mol. The van der Waals surface area contributed by atoms with Gasteiger partial charge in [0.15, 0.2) is 12.4 Å². The van der Waals surface area contributed by atoms with Gasteiger partial charge in [0, 0.05) is 36.7 Å². The standard InChI is InChI=1S/C34H49F3N6O7/c1-20(21-12-9-8-10-13-21)42(30(44)34(35,36)37)19-22-14-15-24(50-43-32(2,3)16-11-17-33(43,4)5)29(47-22)48-27-23(39-40-38)18-25(46-7)26-28(27)49-31(45)41(26)6/h8-10,12-13,20,22-29H,11,14-19H2,1-7H3/t20-,22+,23+,24+,25+,26-,27-,28-,29-/m1/s1. The van der Waals surface area contributed by atoms with Gasteiger partial charge < -0.3 is 28.7 Å². The van der Waals surface area contributed by atoms with Crippen molar-refractivity contribution in [2.45, 2.75) is 145 Å². The van der Waals surface area contributed by atoms with Gasteiger partial charge in [-0.2, -0.15) is 18.2 Å². The molecule has 0 radical (unpaired) electrons. The molecule has 1 aliphatic carbocycles. The van der Waals surface area contributed by atoms with E-state index in [1.807, 2.05) is 5.06 Å². The fraction of sp³-hybridized carbons (Fsp3) is 0.765. The van der Waals surface area contributed by atoms with E-state index >= 15 is 0 Å². The Kier molecular flexibility index (Phi) is 11.3. The number of hydrogen-bond acceptors (Lipinski definition) is 9. The van der Waals surface area contributed by atoms with Crippen LogP contribution in [-0.2, 0) is 28.6 Å². The number of rotatable bonds is 10. The van der Waals surface area contributed by atoms with Gasteiger partial charge in [0.1, 0.15) is 18.2 Å². The Balaban J connectivity index is 1.47. The van der Waals surface area contributed by atoms with Crippen molar-refractivity contribution in [2.75, 3.05) is 20.7 Å². The highest BCUT2D eigenvalue weighted by Crippen LogP contribution is 2.42. The summed E-state index contributed by atoms with van der Waals surface area (Å²) >= 11 is 0. The zero-order valence-corrected chi connectivity index (χ0v) is 29.7. The van der Waals surface area contributed by atoms with Crippen molar-refractivity contribution < 1.29 is 46.5 Å². The highest BCUT2D eigenvalue weighted by Gasteiger charge is 2.57. The lowest BCUT2D eigenvalue weighted by molar-refractivity contribution is -0.366. The summed E-state index contributed by atoms with van der Waals surface area (Å²) in [5, 5.41) is 5.94. The Morgan fingerprint density at radius 2 is 1.80 bits per heavy atom. The largest absolute Gasteiger partial charge is 0.471 e. The summed E-state index contributed by atoms with van der Waals surface area (Å²) < 4.78 is 66.5. The third-order valence-electron chi connectivity index (χ3n) is 10.6. The molecule has 3 saturated heterocycles. The molecule has 5 rings (SSSR count). The van der Waals surface area contributed by atoms with Crippen LogP contribution in [0.4, 0.5) is 18.0 Å². The molecule has 16 heteroatoms. The van der Waals surface area contributed by atoms with E-state index in [2.05, 4.69) is 37.7 Å². The second-order valence-electron chi connectivity index (χ2n) is 15.0. The molecule has 4 fully saturated rings. The molecular formula is C34H49F3N6O7. The molecule has 0 N–H and O–H groups in total. The van der Waals surface area contributed by atoms with Crippen LogP contribution in [-0.4, -0.2) is 114 Å². The van der Waals surface area contributed by atoms with Crippen LogP contribution < -0.4 is 0 Å². The highest BCUT2D eigenvalue weighted by molar-refractivity contribution is 5.82. The van der Waals surface area contributed by atoms with Crippen LogP contribution in [0.25, 0.3) is 10.4 Å². The van der Waals surface area contributed by atoms with E-state index in [0.717, 1.165) is 24.2 Å². The second kappa shape index (κ2) is 14.8. The van der Waals surface area contributed by atoms with Gasteiger partial charge in [-0.3, -0.25) is 9.63 Å². The summed E-state index contributed by atoms with van der Waals surface area (Å²) in [4.78, 5) is 37.6. The summed E-state index contributed by atoms with van der Waals surface area (Å²) in [7, 11) is 3.08. The van der Waals surface area contributed by atoms with Crippen LogP contribution in [0, 0.1) is 0 Å². The minimum Gasteiger partial charge on any atom is -0.441 e. The number of piperidine rings is 1. The zero-order chi connectivity index (χ0) is 36.6. The van der Waals surface area contributed by atoms with Gasteiger partial charge >= 0.3 is 18.2 Å². The number of amides is 2. The Bertz CT molecular complexity index is 1400. The Labute approximate surface area is 290 Å². The molecule has 2 amide bonds. The van der Waals surface area contributed by atoms with Gasteiger partial charge in [0.2, 0.25) is 0 Å². The van der Waals surface area contributed by atoms with Gasteiger partial charge in [-0.05, 0) is 84.2 Å². The number of carbonyl (C=O) groups excluding carboxylic acids is 2. The molecule has 0 bridgehead atoms. The number of methoxy groups -OCH3 is 1. The SMILES string of the molecule is CO[C@H]1C[C@H](N=[N+]=[N-])[C@@H](O[C@H]2O[C@H](CN(C(=O)C(F)(F)F)[C@H](C)c3ccccc3)CC[C@@H]2ON2C(C)(C)CCCC2(C)C)[C@@H]2OC(=O)N(C)[C@@H]21. The number of hydroxylamine groups is 2. The lowest BCUT2D eigenvalue weighted by Gasteiger charge is -2.54. The first-order valence-corrected chi connectivity index (χ1v) is 17.2. The Morgan fingerprint density at radius 1 is 1.14 bits per heavy atom. The van der Waals surface area contributed by atoms with Crippen LogP contribution >= 0.6 is 0 Å². The molecule has 3 aliphatic heterocycles. The molecule has 0 spiro atoms. The van der Waals surface area contributed by atoms with Gasteiger partial charge in [-0.15, -0.1) is 0 Å². The zero-order valence-electron chi connectivity index (χ0n) is 29.7. The van der Waals surface area contributed by atoms with Gasteiger partial charge in [-0.1, -0.05) is 35.4 Å². The molecule has 3 heterocycles. The van der Waals surface area contributed by atoms with Crippen LogP contribution in [0.2, 0.25) is 0 Å². The van der Waals surface area contributed by atoms with Crippen molar-refractivity contribution >= 4 is 12.0 Å². The molecule has 50 heavy (non-hydrogen) atoms. The predicted molar refractivity (Wildman–Crippen MR) is 174 cm³/mol. The normalized spacial score (nSPS) is 33.2. The van der Waals surface area contributed by atoms with E-state index in [1.165, 1.54) is 12.0 Å². The monoisotopic (exact) mass is 710 g/mol. The number of likely N-dealkylation sites (N-methyl/N-ethyl adjacent to an activating group) is 1. The first-order valence-electron chi connectivity index (χ1n) is 17.2. The molecule has 13 nitrogen and oxygen atoms in total. The summed E-state index contributed by atoms with van der Waals surface area (Å²) in [6.45, 7) is 9.52. The maximum atomic E-state index is 14.0. The third-order valence-corrected chi connectivity index (χ3v) is 10.6. The third kappa shape index (κ3) is 7.85. The van der Waals surface area contributed by atoms with E-state index in [-0.39, 0.29) is 30.5 Å². The summed E-state index contributed by atoms with van der Waals surface area (Å²) in [6.07, 6.45) is -7.39. The van der Waals surface area contributed by atoms with E-state index in [1.54, 1.807) is 44.3 Å². The Hall–Kier alpha value is -3.14.